The fraction of sp³-hybridized carbons (Fsp3) is 0.435. The van der Waals surface area contributed by atoms with Crippen LogP contribution in [0.3, 0.4) is 0 Å². The van der Waals surface area contributed by atoms with Crippen molar-refractivity contribution in [1.29, 1.82) is 5.26 Å². The Morgan fingerprint density at radius 2 is 2.00 bits per heavy atom. The van der Waals surface area contributed by atoms with Crippen molar-refractivity contribution < 1.29 is 14.3 Å². The van der Waals surface area contributed by atoms with E-state index in [2.05, 4.69) is 21.3 Å². The highest BCUT2D eigenvalue weighted by atomic mass is 16.5. The van der Waals surface area contributed by atoms with Gasteiger partial charge in [0, 0.05) is 13.0 Å². The van der Waals surface area contributed by atoms with Gasteiger partial charge in [-0.15, -0.1) is 0 Å². The molecule has 7 nitrogen and oxygen atoms in total. The second-order valence-electron chi connectivity index (χ2n) is 8.02. The Morgan fingerprint density at radius 3 is 2.63 bits per heavy atom. The van der Waals surface area contributed by atoms with Crippen LogP contribution in [0, 0.1) is 17.2 Å². The van der Waals surface area contributed by atoms with Crippen LogP contribution in [0.25, 0.3) is 0 Å². The fourth-order valence-corrected chi connectivity index (χ4v) is 3.46. The minimum Gasteiger partial charge on any atom is -0.487 e. The summed E-state index contributed by atoms with van der Waals surface area (Å²) < 4.78 is 11.7. The number of rotatable bonds is 8. The second kappa shape index (κ2) is 8.62. The van der Waals surface area contributed by atoms with Crippen molar-refractivity contribution in [1.82, 2.24) is 10.3 Å². The molecule has 30 heavy (non-hydrogen) atoms. The van der Waals surface area contributed by atoms with Crippen LogP contribution in [0.4, 0.5) is 5.69 Å². The molecule has 0 bridgehead atoms. The standard InChI is InChI=1S/C23H26N4O3/c1-15(25-16(2)28)18-5-7-19(8-6-18)30-20-12-27(13-20)22-9-10-23(26-21(22)11-24)29-14-17-3-4-17/h5-10,15,17,20H,3-4,12-14H2,1-2H3,(H,25,28). The summed E-state index contributed by atoms with van der Waals surface area (Å²) in [6, 6.07) is 13.6. The molecule has 1 saturated heterocycles. The number of amides is 1. The minimum absolute atomic E-state index is 0.0381. The van der Waals surface area contributed by atoms with Crippen molar-refractivity contribution in [3.8, 4) is 17.7 Å². The van der Waals surface area contributed by atoms with E-state index < -0.39 is 0 Å². The average Bonchev–Trinajstić information content (AvgIpc) is 3.53. The van der Waals surface area contributed by atoms with Gasteiger partial charge in [-0.05, 0) is 49.4 Å². The fourth-order valence-electron chi connectivity index (χ4n) is 3.46. The molecule has 1 N–H and O–H groups in total. The van der Waals surface area contributed by atoms with E-state index in [4.69, 9.17) is 9.47 Å². The van der Waals surface area contributed by atoms with Crippen molar-refractivity contribution in [2.45, 2.75) is 38.8 Å². The number of carbonyl (C=O) groups is 1. The molecule has 1 aliphatic carbocycles. The molecule has 4 rings (SSSR count). The third-order valence-electron chi connectivity index (χ3n) is 5.41. The van der Waals surface area contributed by atoms with Crippen molar-refractivity contribution in [2.75, 3.05) is 24.6 Å². The lowest BCUT2D eigenvalue weighted by molar-refractivity contribution is -0.119. The first-order valence-corrected chi connectivity index (χ1v) is 10.3. The molecule has 1 atom stereocenters. The first-order chi connectivity index (χ1) is 14.5. The van der Waals surface area contributed by atoms with Gasteiger partial charge in [0.25, 0.3) is 0 Å². The molecule has 1 aliphatic heterocycles. The second-order valence-corrected chi connectivity index (χ2v) is 8.02. The summed E-state index contributed by atoms with van der Waals surface area (Å²) in [5.74, 6) is 1.91. The van der Waals surface area contributed by atoms with Gasteiger partial charge in [-0.2, -0.15) is 5.26 Å². The van der Waals surface area contributed by atoms with Gasteiger partial charge < -0.3 is 19.7 Å². The van der Waals surface area contributed by atoms with Crippen LogP contribution in [-0.4, -0.2) is 36.7 Å². The highest BCUT2D eigenvalue weighted by Crippen LogP contribution is 2.31. The zero-order valence-electron chi connectivity index (χ0n) is 17.3. The molecule has 2 aromatic rings. The quantitative estimate of drug-likeness (QED) is 0.724. The van der Waals surface area contributed by atoms with E-state index in [1.54, 1.807) is 0 Å². The Bertz CT molecular complexity index is 944. The van der Waals surface area contributed by atoms with Crippen LogP contribution in [0.15, 0.2) is 36.4 Å². The van der Waals surface area contributed by atoms with E-state index in [9.17, 15) is 10.1 Å². The molecular weight excluding hydrogens is 380 g/mol. The van der Waals surface area contributed by atoms with Crippen LogP contribution < -0.4 is 19.7 Å². The topological polar surface area (TPSA) is 87.5 Å². The van der Waals surface area contributed by atoms with E-state index in [1.807, 2.05) is 43.3 Å². The first-order valence-electron chi connectivity index (χ1n) is 10.3. The number of nitrogens with zero attached hydrogens (tertiary/aromatic N) is 3. The lowest BCUT2D eigenvalue weighted by Gasteiger charge is -2.40. The number of hydrogen-bond donors (Lipinski definition) is 1. The summed E-state index contributed by atoms with van der Waals surface area (Å²) in [5, 5.41) is 12.3. The molecule has 1 aromatic carbocycles. The average molecular weight is 406 g/mol. The number of nitriles is 1. The summed E-state index contributed by atoms with van der Waals surface area (Å²) in [7, 11) is 0. The Morgan fingerprint density at radius 1 is 1.27 bits per heavy atom. The van der Waals surface area contributed by atoms with Crippen molar-refractivity contribution >= 4 is 11.6 Å². The molecule has 1 unspecified atom stereocenters. The monoisotopic (exact) mass is 406 g/mol. The Balaban J connectivity index is 1.30. The first kappa shape index (κ1) is 20.0. The number of nitrogens with one attached hydrogen (secondary N) is 1. The highest BCUT2D eigenvalue weighted by Gasteiger charge is 2.31. The van der Waals surface area contributed by atoms with Gasteiger partial charge >= 0.3 is 0 Å². The largest absolute Gasteiger partial charge is 0.487 e. The third kappa shape index (κ3) is 4.82. The van der Waals surface area contributed by atoms with Gasteiger partial charge in [0.1, 0.15) is 17.9 Å². The molecule has 1 saturated carbocycles. The maximum absolute atomic E-state index is 11.2. The van der Waals surface area contributed by atoms with Crippen LogP contribution >= 0.6 is 0 Å². The number of hydrogen-bond acceptors (Lipinski definition) is 6. The lowest BCUT2D eigenvalue weighted by Crippen LogP contribution is -2.54. The van der Waals surface area contributed by atoms with Gasteiger partial charge in [0.2, 0.25) is 11.8 Å². The molecule has 7 heteroatoms. The van der Waals surface area contributed by atoms with E-state index in [1.165, 1.54) is 19.8 Å². The van der Waals surface area contributed by atoms with Crippen molar-refractivity contribution in [2.24, 2.45) is 5.92 Å². The van der Waals surface area contributed by atoms with Gasteiger partial charge in [0.15, 0.2) is 5.69 Å². The summed E-state index contributed by atoms with van der Waals surface area (Å²) in [6.45, 7) is 5.53. The van der Waals surface area contributed by atoms with E-state index in [0.717, 1.165) is 17.0 Å². The van der Waals surface area contributed by atoms with Crippen molar-refractivity contribution in [3.05, 3.63) is 47.7 Å². The molecule has 2 fully saturated rings. The zero-order valence-corrected chi connectivity index (χ0v) is 17.3. The SMILES string of the molecule is CC(=O)NC(C)c1ccc(OC2CN(c3ccc(OCC4CC4)nc3C#N)C2)cc1. The molecule has 1 aromatic heterocycles. The molecule has 1 amide bonds. The number of benzene rings is 1. The maximum atomic E-state index is 11.2. The van der Waals surface area contributed by atoms with Gasteiger partial charge in [-0.1, -0.05) is 12.1 Å². The van der Waals surface area contributed by atoms with Gasteiger partial charge in [0.05, 0.1) is 31.4 Å². The molecule has 0 spiro atoms. The number of ether oxygens (including phenoxy) is 2. The van der Waals surface area contributed by atoms with E-state index in [-0.39, 0.29) is 18.1 Å². The maximum Gasteiger partial charge on any atom is 0.217 e. The van der Waals surface area contributed by atoms with Gasteiger partial charge in [-0.25, -0.2) is 4.98 Å². The third-order valence-corrected chi connectivity index (χ3v) is 5.41. The molecule has 0 radical (unpaired) electrons. The summed E-state index contributed by atoms with van der Waals surface area (Å²) in [5.41, 5.74) is 2.23. The van der Waals surface area contributed by atoms with Crippen LogP contribution in [0.5, 0.6) is 11.6 Å². The molecule has 156 valence electrons. The minimum atomic E-state index is -0.0499. The van der Waals surface area contributed by atoms with Crippen LogP contribution in [-0.2, 0) is 4.79 Å². The zero-order chi connectivity index (χ0) is 21.1. The smallest absolute Gasteiger partial charge is 0.217 e. The summed E-state index contributed by atoms with van der Waals surface area (Å²) in [6.07, 6.45) is 2.49. The van der Waals surface area contributed by atoms with Crippen molar-refractivity contribution in [3.63, 3.8) is 0 Å². The summed E-state index contributed by atoms with van der Waals surface area (Å²) in [4.78, 5) is 17.6. The van der Waals surface area contributed by atoms with Crippen LogP contribution in [0.2, 0.25) is 0 Å². The number of aromatic nitrogens is 1. The number of pyridine rings is 1. The molecular formula is C23H26N4O3. The predicted molar refractivity (Wildman–Crippen MR) is 112 cm³/mol. The summed E-state index contributed by atoms with van der Waals surface area (Å²) >= 11 is 0. The Labute approximate surface area is 176 Å². The number of carbonyl (C=O) groups excluding carboxylic acids is 1. The van der Waals surface area contributed by atoms with Crippen LogP contribution in [0.1, 0.15) is 44.0 Å². The predicted octanol–water partition coefficient (Wildman–Crippen LogP) is 3.21. The molecule has 2 aliphatic rings. The normalized spacial score (nSPS) is 16.9. The highest BCUT2D eigenvalue weighted by molar-refractivity contribution is 5.73. The van der Waals surface area contributed by atoms with E-state index >= 15 is 0 Å². The lowest BCUT2D eigenvalue weighted by atomic mass is 10.1. The Hall–Kier alpha value is -3.27. The number of anilines is 1. The molecule has 2 heterocycles. The Kier molecular flexibility index (Phi) is 5.75. The van der Waals surface area contributed by atoms with E-state index in [0.29, 0.717) is 37.2 Å². The van der Waals surface area contributed by atoms with Gasteiger partial charge in [-0.3, -0.25) is 4.79 Å².